The molecule has 0 radical (unpaired) electrons. The molecule has 0 bridgehead atoms. The van der Waals surface area contributed by atoms with Crippen LogP contribution in [0.15, 0.2) is 48.5 Å². The highest BCUT2D eigenvalue weighted by Gasteiger charge is 2.16. The molecule has 4 N–H and O–H groups in total. The molecule has 1 aliphatic rings. The number of anilines is 2. The predicted molar refractivity (Wildman–Crippen MR) is 99.6 cm³/mol. The molecule has 0 spiro atoms. The number of nitrogens with one attached hydrogen (secondary N) is 2. The third-order valence-electron chi connectivity index (χ3n) is 4.49. The van der Waals surface area contributed by atoms with E-state index >= 15 is 0 Å². The lowest BCUT2D eigenvalue weighted by molar-refractivity contribution is 0.0927. The SMILES string of the molecule is Nc1cccc(C(=O)Nc2ccc(C(=O)NC3CCCCC3)cc2)c1. The topological polar surface area (TPSA) is 84.2 Å². The zero-order chi connectivity index (χ0) is 17.6. The number of carbonyl (C=O) groups excluding carboxylic acids is 2. The number of hydrogen-bond donors (Lipinski definition) is 3. The van der Waals surface area contributed by atoms with Gasteiger partial charge in [-0.3, -0.25) is 9.59 Å². The van der Waals surface area contributed by atoms with Crippen LogP contribution >= 0.6 is 0 Å². The highest BCUT2D eigenvalue weighted by Crippen LogP contribution is 2.18. The first-order valence-corrected chi connectivity index (χ1v) is 8.69. The van der Waals surface area contributed by atoms with Crippen molar-refractivity contribution in [2.75, 3.05) is 11.1 Å². The fraction of sp³-hybridized carbons (Fsp3) is 0.300. The number of rotatable bonds is 4. The first-order chi connectivity index (χ1) is 12.1. The molecule has 5 nitrogen and oxygen atoms in total. The van der Waals surface area contributed by atoms with Gasteiger partial charge in [-0.2, -0.15) is 0 Å². The Morgan fingerprint density at radius 1 is 0.880 bits per heavy atom. The third-order valence-corrected chi connectivity index (χ3v) is 4.49. The maximum Gasteiger partial charge on any atom is 0.255 e. The van der Waals surface area contributed by atoms with Gasteiger partial charge in [0.15, 0.2) is 0 Å². The number of carbonyl (C=O) groups is 2. The summed E-state index contributed by atoms with van der Waals surface area (Å²) in [6.45, 7) is 0. The van der Waals surface area contributed by atoms with Crippen LogP contribution in [0.1, 0.15) is 52.8 Å². The third kappa shape index (κ3) is 4.59. The minimum atomic E-state index is -0.230. The van der Waals surface area contributed by atoms with Gasteiger partial charge in [-0.05, 0) is 55.3 Å². The van der Waals surface area contributed by atoms with Gasteiger partial charge in [0.25, 0.3) is 11.8 Å². The lowest BCUT2D eigenvalue weighted by Gasteiger charge is -2.22. The van der Waals surface area contributed by atoms with Crippen LogP contribution in [0.2, 0.25) is 0 Å². The maximum absolute atomic E-state index is 12.3. The van der Waals surface area contributed by atoms with Crippen LogP contribution in [0.4, 0.5) is 11.4 Å². The van der Waals surface area contributed by atoms with Crippen LogP contribution in [-0.2, 0) is 0 Å². The molecule has 2 aromatic carbocycles. The molecule has 0 saturated heterocycles. The molecule has 0 unspecified atom stereocenters. The summed E-state index contributed by atoms with van der Waals surface area (Å²) in [6, 6.07) is 14.0. The summed E-state index contributed by atoms with van der Waals surface area (Å²) in [7, 11) is 0. The molecule has 1 aliphatic carbocycles. The second-order valence-electron chi connectivity index (χ2n) is 6.47. The Kier molecular flexibility index (Phi) is 5.33. The number of benzene rings is 2. The van der Waals surface area contributed by atoms with Gasteiger partial charge in [-0.25, -0.2) is 0 Å². The summed E-state index contributed by atoms with van der Waals surface area (Å²) in [6.07, 6.45) is 5.73. The minimum Gasteiger partial charge on any atom is -0.399 e. The molecule has 3 rings (SSSR count). The average molecular weight is 337 g/mol. The number of nitrogen functional groups attached to an aromatic ring is 1. The van der Waals surface area contributed by atoms with Crippen molar-refractivity contribution in [2.45, 2.75) is 38.1 Å². The molecule has 5 heteroatoms. The highest BCUT2D eigenvalue weighted by molar-refractivity contribution is 6.05. The van der Waals surface area contributed by atoms with Crippen LogP contribution in [-0.4, -0.2) is 17.9 Å². The lowest BCUT2D eigenvalue weighted by Crippen LogP contribution is -2.36. The number of nitrogens with two attached hydrogens (primary N) is 1. The van der Waals surface area contributed by atoms with Crippen molar-refractivity contribution < 1.29 is 9.59 Å². The zero-order valence-electron chi connectivity index (χ0n) is 14.1. The lowest BCUT2D eigenvalue weighted by atomic mass is 9.95. The zero-order valence-corrected chi connectivity index (χ0v) is 14.1. The van der Waals surface area contributed by atoms with Crippen molar-refractivity contribution in [1.82, 2.24) is 5.32 Å². The first-order valence-electron chi connectivity index (χ1n) is 8.69. The molecule has 0 aliphatic heterocycles. The Morgan fingerprint density at radius 3 is 2.28 bits per heavy atom. The van der Waals surface area contributed by atoms with Crippen LogP contribution in [0.3, 0.4) is 0 Å². The van der Waals surface area contributed by atoms with E-state index in [4.69, 9.17) is 5.73 Å². The van der Waals surface area contributed by atoms with E-state index in [1.165, 1.54) is 19.3 Å². The van der Waals surface area contributed by atoms with Crippen LogP contribution in [0, 0.1) is 0 Å². The highest BCUT2D eigenvalue weighted by atomic mass is 16.2. The van der Waals surface area contributed by atoms with Crippen molar-refractivity contribution >= 4 is 23.2 Å². The van der Waals surface area contributed by atoms with Crippen LogP contribution in [0.25, 0.3) is 0 Å². The van der Waals surface area contributed by atoms with Gasteiger partial charge in [0, 0.05) is 28.5 Å². The number of hydrogen-bond acceptors (Lipinski definition) is 3. The molecular formula is C20H23N3O2. The summed E-state index contributed by atoms with van der Waals surface area (Å²) in [4.78, 5) is 24.5. The normalized spacial score (nSPS) is 14.7. The van der Waals surface area contributed by atoms with E-state index in [0.717, 1.165) is 12.8 Å². The van der Waals surface area contributed by atoms with Gasteiger partial charge in [0.2, 0.25) is 0 Å². The molecule has 2 amide bonds. The molecule has 0 heterocycles. The van der Waals surface area contributed by atoms with E-state index in [1.807, 2.05) is 0 Å². The van der Waals surface area contributed by atoms with Crippen molar-refractivity contribution in [3.05, 3.63) is 59.7 Å². The number of amides is 2. The van der Waals surface area contributed by atoms with Gasteiger partial charge < -0.3 is 16.4 Å². The van der Waals surface area contributed by atoms with Gasteiger partial charge >= 0.3 is 0 Å². The van der Waals surface area contributed by atoms with Crippen molar-refractivity contribution in [3.8, 4) is 0 Å². The Morgan fingerprint density at radius 2 is 1.60 bits per heavy atom. The Bertz CT molecular complexity index is 750. The summed E-state index contributed by atoms with van der Waals surface area (Å²) in [5, 5.41) is 5.89. The smallest absolute Gasteiger partial charge is 0.255 e. The molecular weight excluding hydrogens is 314 g/mol. The minimum absolute atomic E-state index is 0.0550. The standard InChI is InChI=1S/C20H23N3O2/c21-16-6-4-5-15(13-16)20(25)23-18-11-9-14(10-12-18)19(24)22-17-7-2-1-3-8-17/h4-6,9-13,17H,1-3,7-8,21H2,(H,22,24)(H,23,25). The Labute approximate surface area is 147 Å². The Balaban J connectivity index is 1.59. The van der Waals surface area contributed by atoms with Crippen molar-refractivity contribution in [3.63, 3.8) is 0 Å². The molecule has 0 aromatic heterocycles. The quantitative estimate of drug-likeness (QED) is 0.746. The molecule has 130 valence electrons. The molecule has 25 heavy (non-hydrogen) atoms. The summed E-state index contributed by atoms with van der Waals surface area (Å²) >= 11 is 0. The van der Waals surface area contributed by atoms with E-state index in [0.29, 0.717) is 22.5 Å². The van der Waals surface area contributed by atoms with Crippen molar-refractivity contribution in [1.29, 1.82) is 0 Å². The monoisotopic (exact) mass is 337 g/mol. The second kappa shape index (κ2) is 7.83. The Hall–Kier alpha value is -2.82. The first kappa shape index (κ1) is 17.0. The van der Waals surface area contributed by atoms with Gasteiger partial charge in [-0.15, -0.1) is 0 Å². The maximum atomic E-state index is 12.3. The molecule has 0 atom stereocenters. The van der Waals surface area contributed by atoms with E-state index in [2.05, 4.69) is 10.6 Å². The summed E-state index contributed by atoms with van der Waals surface area (Å²) in [5.74, 6) is -0.285. The summed E-state index contributed by atoms with van der Waals surface area (Å²) in [5.41, 5.74) is 7.98. The van der Waals surface area contributed by atoms with Crippen molar-refractivity contribution in [2.24, 2.45) is 0 Å². The molecule has 2 aromatic rings. The van der Waals surface area contributed by atoms with Crippen LogP contribution in [0.5, 0.6) is 0 Å². The van der Waals surface area contributed by atoms with Gasteiger partial charge in [0.1, 0.15) is 0 Å². The summed E-state index contributed by atoms with van der Waals surface area (Å²) < 4.78 is 0. The predicted octanol–water partition coefficient (Wildman–Crippen LogP) is 3.58. The van der Waals surface area contributed by atoms with Gasteiger partial charge in [0.05, 0.1) is 0 Å². The fourth-order valence-corrected chi connectivity index (χ4v) is 3.10. The van der Waals surface area contributed by atoms with Gasteiger partial charge in [-0.1, -0.05) is 25.3 Å². The van der Waals surface area contributed by atoms with Crippen LogP contribution < -0.4 is 16.4 Å². The largest absolute Gasteiger partial charge is 0.399 e. The van der Waals surface area contributed by atoms with E-state index in [-0.39, 0.29) is 17.9 Å². The van der Waals surface area contributed by atoms with E-state index in [1.54, 1.807) is 48.5 Å². The van der Waals surface area contributed by atoms with E-state index in [9.17, 15) is 9.59 Å². The second-order valence-corrected chi connectivity index (χ2v) is 6.47. The van der Waals surface area contributed by atoms with E-state index < -0.39 is 0 Å². The molecule has 1 fully saturated rings. The average Bonchev–Trinajstić information content (AvgIpc) is 2.63. The molecule has 1 saturated carbocycles. The fourth-order valence-electron chi connectivity index (χ4n) is 3.10.